The first-order valence-corrected chi connectivity index (χ1v) is 5.99. The van der Waals surface area contributed by atoms with E-state index in [1.165, 1.54) is 6.07 Å². The van der Waals surface area contributed by atoms with Crippen molar-refractivity contribution in [1.82, 2.24) is 0 Å². The molecule has 1 aromatic rings. The summed E-state index contributed by atoms with van der Waals surface area (Å²) in [6.45, 7) is 2.70. The van der Waals surface area contributed by atoms with Gasteiger partial charge in [0.05, 0.1) is 0 Å². The first kappa shape index (κ1) is 12.2. The van der Waals surface area contributed by atoms with Gasteiger partial charge in [0, 0.05) is 38.2 Å². The van der Waals surface area contributed by atoms with Gasteiger partial charge in [0.2, 0.25) is 0 Å². The molecule has 2 rings (SSSR count). The Morgan fingerprint density at radius 1 is 1.35 bits per heavy atom. The van der Waals surface area contributed by atoms with Gasteiger partial charge in [-0.25, -0.2) is 4.39 Å². The van der Waals surface area contributed by atoms with Crippen LogP contribution in [0.3, 0.4) is 0 Å². The zero-order valence-corrected chi connectivity index (χ0v) is 10.2. The van der Waals surface area contributed by atoms with Crippen LogP contribution in [0.15, 0.2) is 18.2 Å². The van der Waals surface area contributed by atoms with Crippen molar-refractivity contribution in [2.24, 2.45) is 5.92 Å². The van der Waals surface area contributed by atoms with Crippen LogP contribution in [0.1, 0.15) is 12.8 Å². The molecule has 4 heteroatoms. The Morgan fingerprint density at radius 3 is 2.65 bits per heavy atom. The molecule has 3 nitrogen and oxygen atoms in total. The van der Waals surface area contributed by atoms with Gasteiger partial charge in [0.25, 0.3) is 0 Å². The molecular weight excluding hydrogens is 219 g/mol. The molecule has 2 N–H and O–H groups in total. The van der Waals surface area contributed by atoms with Gasteiger partial charge in [-0.3, -0.25) is 0 Å². The Kier molecular flexibility index (Phi) is 3.84. The van der Waals surface area contributed by atoms with Crippen molar-refractivity contribution in [3.63, 3.8) is 0 Å². The molecule has 0 spiro atoms. The lowest BCUT2D eigenvalue weighted by molar-refractivity contribution is 0.139. The average Bonchev–Trinajstić information content (AvgIpc) is 2.29. The highest BCUT2D eigenvalue weighted by Gasteiger charge is 2.19. The van der Waals surface area contributed by atoms with Crippen LogP contribution in [0.25, 0.3) is 0 Å². The lowest BCUT2D eigenvalue weighted by atomic mass is 9.97. The van der Waals surface area contributed by atoms with E-state index in [9.17, 15) is 4.39 Å². The van der Waals surface area contributed by atoms with Crippen LogP contribution in [0.4, 0.5) is 15.8 Å². The number of benzene rings is 1. The van der Waals surface area contributed by atoms with E-state index in [2.05, 4.69) is 4.90 Å². The third-order valence-electron chi connectivity index (χ3n) is 3.29. The highest BCUT2D eigenvalue weighted by Crippen LogP contribution is 2.25. The molecule has 1 fully saturated rings. The zero-order chi connectivity index (χ0) is 12.3. The number of nitrogens with two attached hydrogens (primary N) is 1. The Morgan fingerprint density at radius 2 is 2.06 bits per heavy atom. The number of piperidine rings is 1. The van der Waals surface area contributed by atoms with Crippen molar-refractivity contribution in [2.75, 3.05) is 37.4 Å². The van der Waals surface area contributed by atoms with Gasteiger partial charge < -0.3 is 15.4 Å². The van der Waals surface area contributed by atoms with E-state index >= 15 is 0 Å². The summed E-state index contributed by atoms with van der Waals surface area (Å²) >= 11 is 0. The predicted molar refractivity (Wildman–Crippen MR) is 67.6 cm³/mol. The summed E-state index contributed by atoms with van der Waals surface area (Å²) < 4.78 is 18.4. The molecule has 94 valence electrons. The first-order chi connectivity index (χ1) is 8.19. The Hall–Kier alpha value is -1.29. The van der Waals surface area contributed by atoms with E-state index in [0.717, 1.165) is 38.2 Å². The van der Waals surface area contributed by atoms with Crippen LogP contribution in [0.5, 0.6) is 0 Å². The topological polar surface area (TPSA) is 38.5 Å². The SMILES string of the molecule is COCC1CCN(c2cc(N)cc(F)c2)CC1. The van der Waals surface area contributed by atoms with Gasteiger partial charge in [-0.1, -0.05) is 0 Å². The van der Waals surface area contributed by atoms with E-state index in [-0.39, 0.29) is 5.82 Å². The predicted octanol–water partition coefficient (Wildman–Crippen LogP) is 2.27. The molecular formula is C13H19FN2O. The van der Waals surface area contributed by atoms with Crippen molar-refractivity contribution in [3.8, 4) is 0 Å². The lowest BCUT2D eigenvalue weighted by Crippen LogP contribution is -2.35. The van der Waals surface area contributed by atoms with Gasteiger partial charge in [-0.15, -0.1) is 0 Å². The van der Waals surface area contributed by atoms with Crippen LogP contribution in [-0.4, -0.2) is 26.8 Å². The fourth-order valence-electron chi connectivity index (χ4n) is 2.37. The average molecular weight is 238 g/mol. The molecule has 0 aliphatic carbocycles. The van der Waals surface area contributed by atoms with Crippen molar-refractivity contribution in [3.05, 3.63) is 24.0 Å². The van der Waals surface area contributed by atoms with Crippen molar-refractivity contribution in [1.29, 1.82) is 0 Å². The van der Waals surface area contributed by atoms with Gasteiger partial charge in [-0.05, 0) is 37.0 Å². The van der Waals surface area contributed by atoms with Gasteiger partial charge in [0.15, 0.2) is 0 Å². The van der Waals surface area contributed by atoms with Crippen molar-refractivity contribution < 1.29 is 9.13 Å². The number of methoxy groups -OCH3 is 1. The summed E-state index contributed by atoms with van der Waals surface area (Å²) in [6.07, 6.45) is 2.18. The molecule has 1 aliphatic rings. The smallest absolute Gasteiger partial charge is 0.127 e. The molecule has 0 unspecified atom stereocenters. The molecule has 17 heavy (non-hydrogen) atoms. The van der Waals surface area contributed by atoms with Crippen LogP contribution < -0.4 is 10.6 Å². The van der Waals surface area contributed by atoms with E-state index in [1.807, 2.05) is 6.07 Å². The zero-order valence-electron chi connectivity index (χ0n) is 10.2. The molecule has 0 amide bonds. The van der Waals surface area contributed by atoms with Gasteiger partial charge in [-0.2, -0.15) is 0 Å². The maximum absolute atomic E-state index is 13.3. The standard InChI is InChI=1S/C13H19FN2O/c1-17-9-10-2-4-16(5-3-10)13-7-11(14)6-12(15)8-13/h6-8,10H,2-5,9,15H2,1H3. The fourth-order valence-corrected chi connectivity index (χ4v) is 2.37. The number of ether oxygens (including phenoxy) is 1. The largest absolute Gasteiger partial charge is 0.399 e. The summed E-state index contributed by atoms with van der Waals surface area (Å²) in [6, 6.07) is 4.73. The minimum absolute atomic E-state index is 0.265. The van der Waals surface area contributed by atoms with Gasteiger partial charge in [0.1, 0.15) is 5.82 Å². The number of anilines is 2. The molecule has 1 saturated heterocycles. The van der Waals surface area contributed by atoms with Crippen molar-refractivity contribution in [2.45, 2.75) is 12.8 Å². The first-order valence-electron chi connectivity index (χ1n) is 5.99. The monoisotopic (exact) mass is 238 g/mol. The van der Waals surface area contributed by atoms with E-state index in [4.69, 9.17) is 10.5 Å². The second-order valence-corrected chi connectivity index (χ2v) is 4.63. The van der Waals surface area contributed by atoms with Crippen LogP contribution in [0, 0.1) is 11.7 Å². The normalized spacial score (nSPS) is 17.4. The number of rotatable bonds is 3. The number of nitrogens with zero attached hydrogens (tertiary/aromatic N) is 1. The lowest BCUT2D eigenvalue weighted by Gasteiger charge is -2.33. The number of halogens is 1. The van der Waals surface area contributed by atoms with Crippen LogP contribution in [0.2, 0.25) is 0 Å². The summed E-state index contributed by atoms with van der Waals surface area (Å²) in [7, 11) is 1.74. The highest BCUT2D eigenvalue weighted by molar-refractivity contribution is 5.56. The Bertz CT molecular complexity index is 355. The third-order valence-corrected chi connectivity index (χ3v) is 3.29. The van der Waals surface area contributed by atoms with Crippen molar-refractivity contribution >= 4 is 11.4 Å². The number of hydrogen-bond donors (Lipinski definition) is 1. The molecule has 1 heterocycles. The van der Waals surface area contributed by atoms with Gasteiger partial charge >= 0.3 is 0 Å². The summed E-state index contributed by atoms with van der Waals surface area (Å²) in [5.41, 5.74) is 7.03. The molecule has 0 atom stereocenters. The Balaban J connectivity index is 2.00. The van der Waals surface area contributed by atoms with Crippen LogP contribution in [-0.2, 0) is 4.74 Å². The van der Waals surface area contributed by atoms with E-state index in [1.54, 1.807) is 13.2 Å². The molecule has 0 radical (unpaired) electrons. The second kappa shape index (κ2) is 5.36. The minimum Gasteiger partial charge on any atom is -0.399 e. The Labute approximate surface area is 101 Å². The highest BCUT2D eigenvalue weighted by atomic mass is 19.1. The maximum atomic E-state index is 13.3. The maximum Gasteiger partial charge on any atom is 0.127 e. The second-order valence-electron chi connectivity index (χ2n) is 4.63. The van der Waals surface area contributed by atoms with Crippen LogP contribution >= 0.6 is 0 Å². The molecule has 1 aromatic carbocycles. The summed E-state index contributed by atoms with van der Waals surface area (Å²) in [4.78, 5) is 2.19. The molecule has 0 saturated carbocycles. The van der Waals surface area contributed by atoms with E-state index < -0.39 is 0 Å². The quantitative estimate of drug-likeness (QED) is 0.821. The number of nitrogen functional groups attached to an aromatic ring is 1. The molecule has 1 aliphatic heterocycles. The fraction of sp³-hybridized carbons (Fsp3) is 0.538. The summed E-state index contributed by atoms with van der Waals surface area (Å²) in [5.74, 6) is 0.362. The third kappa shape index (κ3) is 3.09. The number of hydrogen-bond acceptors (Lipinski definition) is 3. The summed E-state index contributed by atoms with van der Waals surface area (Å²) in [5, 5.41) is 0. The minimum atomic E-state index is -0.265. The molecule has 0 bridgehead atoms. The molecule has 0 aromatic heterocycles. The van der Waals surface area contributed by atoms with E-state index in [0.29, 0.717) is 11.6 Å².